The van der Waals surface area contributed by atoms with Crippen LogP contribution in [-0.4, -0.2) is 44.8 Å². The molecule has 1 N–H and O–H groups in total. The number of hydrogen-bond donors (Lipinski definition) is 1. The fourth-order valence-corrected chi connectivity index (χ4v) is 2.09. The quantitative estimate of drug-likeness (QED) is 0.823. The number of carboxylic acids is 1. The molecule has 0 atom stereocenters. The van der Waals surface area contributed by atoms with Gasteiger partial charge in [0.15, 0.2) is 0 Å². The maximum absolute atomic E-state index is 12.2. The van der Waals surface area contributed by atoms with Gasteiger partial charge in [-0.2, -0.15) is 5.10 Å². The molecule has 0 bridgehead atoms. The molecule has 2 rings (SSSR count). The van der Waals surface area contributed by atoms with Crippen LogP contribution in [0.4, 0.5) is 0 Å². The van der Waals surface area contributed by atoms with E-state index in [0.717, 1.165) is 19.3 Å². The lowest BCUT2D eigenvalue weighted by Gasteiger charge is -2.26. The van der Waals surface area contributed by atoms with Crippen molar-refractivity contribution in [2.24, 2.45) is 7.05 Å². The summed E-state index contributed by atoms with van der Waals surface area (Å²) in [5, 5.41) is 12.8. The number of rotatable bonds is 2. The smallest absolute Gasteiger partial charge is 0.339 e. The van der Waals surface area contributed by atoms with E-state index in [1.807, 2.05) is 0 Å². The van der Waals surface area contributed by atoms with Crippen molar-refractivity contribution >= 4 is 11.9 Å². The summed E-state index contributed by atoms with van der Waals surface area (Å²) in [5.74, 6) is -1.35. The second kappa shape index (κ2) is 4.57. The SMILES string of the molecule is Cn1ncc(C(=O)O)c1C(=O)N1CCCCC1. The van der Waals surface area contributed by atoms with Gasteiger partial charge in [-0.1, -0.05) is 0 Å². The van der Waals surface area contributed by atoms with E-state index >= 15 is 0 Å². The average molecular weight is 237 g/mol. The summed E-state index contributed by atoms with van der Waals surface area (Å²) in [6, 6.07) is 0. The molecule has 6 nitrogen and oxygen atoms in total. The van der Waals surface area contributed by atoms with Crippen LogP contribution in [0, 0.1) is 0 Å². The summed E-state index contributed by atoms with van der Waals surface area (Å²) in [6.07, 6.45) is 4.30. The zero-order chi connectivity index (χ0) is 12.4. The van der Waals surface area contributed by atoms with Crippen LogP contribution in [0.3, 0.4) is 0 Å². The number of likely N-dealkylation sites (tertiary alicyclic amines) is 1. The number of amides is 1. The van der Waals surface area contributed by atoms with Crippen LogP contribution in [0.2, 0.25) is 0 Å². The maximum atomic E-state index is 12.2. The second-order valence-corrected chi connectivity index (χ2v) is 4.19. The van der Waals surface area contributed by atoms with Gasteiger partial charge in [0.25, 0.3) is 5.91 Å². The Morgan fingerprint density at radius 2 is 1.94 bits per heavy atom. The van der Waals surface area contributed by atoms with Crippen LogP contribution in [0.25, 0.3) is 0 Å². The largest absolute Gasteiger partial charge is 0.478 e. The van der Waals surface area contributed by atoms with Gasteiger partial charge in [-0.05, 0) is 19.3 Å². The third-order valence-electron chi connectivity index (χ3n) is 3.02. The van der Waals surface area contributed by atoms with Crippen molar-refractivity contribution < 1.29 is 14.7 Å². The number of carboxylic acid groups (broad SMARTS) is 1. The van der Waals surface area contributed by atoms with Crippen LogP contribution in [0.1, 0.15) is 40.1 Å². The fourth-order valence-electron chi connectivity index (χ4n) is 2.09. The molecule has 0 aliphatic carbocycles. The molecule has 1 aromatic rings. The first-order chi connectivity index (χ1) is 8.11. The first kappa shape index (κ1) is 11.6. The zero-order valence-corrected chi connectivity index (χ0v) is 9.72. The highest BCUT2D eigenvalue weighted by Crippen LogP contribution is 2.15. The molecule has 6 heteroatoms. The number of piperidine rings is 1. The highest BCUT2D eigenvalue weighted by atomic mass is 16.4. The number of carbonyl (C=O) groups excluding carboxylic acids is 1. The third kappa shape index (κ3) is 2.15. The average Bonchev–Trinajstić information content (AvgIpc) is 2.71. The molecule has 1 aliphatic heterocycles. The van der Waals surface area contributed by atoms with E-state index in [4.69, 9.17) is 5.11 Å². The van der Waals surface area contributed by atoms with Crippen LogP contribution in [0.15, 0.2) is 6.20 Å². The molecule has 0 saturated carbocycles. The lowest BCUT2D eigenvalue weighted by molar-refractivity contribution is 0.0661. The first-order valence-corrected chi connectivity index (χ1v) is 5.66. The summed E-state index contributed by atoms with van der Waals surface area (Å²) in [7, 11) is 1.59. The van der Waals surface area contributed by atoms with E-state index < -0.39 is 5.97 Å². The van der Waals surface area contributed by atoms with E-state index in [9.17, 15) is 9.59 Å². The van der Waals surface area contributed by atoms with Gasteiger partial charge in [-0.15, -0.1) is 0 Å². The maximum Gasteiger partial charge on any atom is 0.339 e. The van der Waals surface area contributed by atoms with Gasteiger partial charge in [0, 0.05) is 20.1 Å². The predicted octanol–water partition coefficient (Wildman–Crippen LogP) is 0.744. The molecule has 1 aromatic heterocycles. The third-order valence-corrected chi connectivity index (χ3v) is 3.02. The van der Waals surface area contributed by atoms with Crippen LogP contribution in [0.5, 0.6) is 0 Å². The Balaban J connectivity index is 2.29. The normalized spacial score (nSPS) is 15.9. The van der Waals surface area contributed by atoms with Crippen LogP contribution >= 0.6 is 0 Å². The van der Waals surface area contributed by atoms with Gasteiger partial charge in [0.1, 0.15) is 11.3 Å². The first-order valence-electron chi connectivity index (χ1n) is 5.66. The van der Waals surface area contributed by atoms with Crippen molar-refractivity contribution in [2.75, 3.05) is 13.1 Å². The van der Waals surface area contributed by atoms with Crippen LogP contribution < -0.4 is 0 Å². The Morgan fingerprint density at radius 3 is 2.53 bits per heavy atom. The standard InChI is InChI=1S/C11H15N3O3/c1-13-9(8(7-12-13)11(16)17)10(15)14-5-3-2-4-6-14/h7H,2-6H2,1H3,(H,16,17). The number of aryl methyl sites for hydroxylation is 1. The second-order valence-electron chi connectivity index (χ2n) is 4.19. The van der Waals surface area contributed by atoms with Gasteiger partial charge in [-0.3, -0.25) is 9.48 Å². The lowest BCUT2D eigenvalue weighted by atomic mass is 10.1. The minimum atomic E-state index is -1.11. The van der Waals surface area contributed by atoms with Gasteiger partial charge < -0.3 is 10.0 Å². The Kier molecular flexibility index (Phi) is 3.12. The summed E-state index contributed by atoms with van der Waals surface area (Å²) in [4.78, 5) is 24.9. The van der Waals surface area contributed by atoms with E-state index in [2.05, 4.69) is 5.10 Å². The Morgan fingerprint density at radius 1 is 1.29 bits per heavy atom. The molecule has 17 heavy (non-hydrogen) atoms. The molecule has 0 spiro atoms. The summed E-state index contributed by atoms with van der Waals surface area (Å²) in [5.41, 5.74) is 0.141. The predicted molar refractivity (Wildman–Crippen MR) is 59.9 cm³/mol. The number of nitrogens with zero attached hydrogens (tertiary/aromatic N) is 3. The molecule has 1 saturated heterocycles. The minimum absolute atomic E-state index is 0.0249. The molecule has 1 aliphatic rings. The zero-order valence-electron chi connectivity index (χ0n) is 9.72. The highest BCUT2D eigenvalue weighted by Gasteiger charge is 2.26. The van der Waals surface area contributed by atoms with E-state index in [1.165, 1.54) is 10.9 Å². The van der Waals surface area contributed by atoms with Gasteiger partial charge in [0.05, 0.1) is 6.20 Å². The van der Waals surface area contributed by atoms with Crippen molar-refractivity contribution in [2.45, 2.75) is 19.3 Å². The summed E-state index contributed by atoms with van der Waals surface area (Å²) >= 11 is 0. The number of carbonyl (C=O) groups is 2. The topological polar surface area (TPSA) is 75.4 Å². The molecule has 0 radical (unpaired) electrons. The lowest BCUT2D eigenvalue weighted by Crippen LogP contribution is -2.37. The Hall–Kier alpha value is -1.85. The van der Waals surface area contributed by atoms with E-state index in [0.29, 0.717) is 13.1 Å². The van der Waals surface area contributed by atoms with Gasteiger partial charge in [-0.25, -0.2) is 4.79 Å². The Labute approximate surface area is 98.8 Å². The van der Waals surface area contributed by atoms with Crippen LogP contribution in [-0.2, 0) is 7.05 Å². The monoisotopic (exact) mass is 237 g/mol. The molecule has 2 heterocycles. The molecule has 1 amide bonds. The number of hydrogen-bond acceptors (Lipinski definition) is 3. The van der Waals surface area contributed by atoms with Crippen molar-refractivity contribution in [1.29, 1.82) is 0 Å². The van der Waals surface area contributed by atoms with E-state index in [1.54, 1.807) is 11.9 Å². The minimum Gasteiger partial charge on any atom is -0.478 e. The van der Waals surface area contributed by atoms with E-state index in [-0.39, 0.29) is 17.2 Å². The van der Waals surface area contributed by atoms with Crippen molar-refractivity contribution in [1.82, 2.24) is 14.7 Å². The van der Waals surface area contributed by atoms with Crippen molar-refractivity contribution in [3.05, 3.63) is 17.5 Å². The fraction of sp³-hybridized carbons (Fsp3) is 0.545. The summed E-state index contributed by atoms with van der Waals surface area (Å²) < 4.78 is 1.33. The summed E-state index contributed by atoms with van der Waals surface area (Å²) in [6.45, 7) is 1.39. The Bertz CT molecular complexity index is 447. The molecule has 1 fully saturated rings. The van der Waals surface area contributed by atoms with Crippen molar-refractivity contribution in [3.63, 3.8) is 0 Å². The molecular weight excluding hydrogens is 222 g/mol. The molecule has 92 valence electrons. The molecule has 0 aromatic carbocycles. The van der Waals surface area contributed by atoms with Gasteiger partial charge in [0.2, 0.25) is 0 Å². The number of aromatic carboxylic acids is 1. The van der Waals surface area contributed by atoms with Gasteiger partial charge >= 0.3 is 5.97 Å². The number of aromatic nitrogens is 2. The molecular formula is C11H15N3O3. The van der Waals surface area contributed by atoms with Crippen molar-refractivity contribution in [3.8, 4) is 0 Å². The molecule has 0 unspecified atom stereocenters. The highest BCUT2D eigenvalue weighted by molar-refractivity contribution is 6.03.